The van der Waals surface area contributed by atoms with Crippen molar-refractivity contribution in [3.63, 3.8) is 0 Å². The number of carbonyl (C=O) groups is 1. The third-order valence-electron chi connectivity index (χ3n) is 5.64. The minimum atomic E-state index is -0.320. The second-order valence-electron chi connectivity index (χ2n) is 7.01. The van der Waals surface area contributed by atoms with Crippen molar-refractivity contribution in [1.29, 1.82) is 0 Å². The van der Waals surface area contributed by atoms with Crippen molar-refractivity contribution in [2.24, 2.45) is 0 Å². The summed E-state index contributed by atoms with van der Waals surface area (Å²) in [6, 6.07) is 14.0. The van der Waals surface area contributed by atoms with Crippen molar-refractivity contribution in [3.8, 4) is 0 Å². The molecule has 0 unspecified atom stereocenters. The Balaban J connectivity index is 1.75. The Kier molecular flexibility index (Phi) is 3.59. The van der Waals surface area contributed by atoms with E-state index in [1.807, 2.05) is 30.0 Å². The number of hydrogen-bond acceptors (Lipinski definition) is 2. The number of para-hydroxylation sites is 1. The third kappa shape index (κ3) is 2.26. The molecular weight excluding hydrogens is 361 g/mol. The number of fused-ring (bicyclic) bond motifs is 4. The summed E-state index contributed by atoms with van der Waals surface area (Å²) in [5.74, 6) is -0.233. The van der Waals surface area contributed by atoms with Crippen LogP contribution in [0.1, 0.15) is 29.8 Å². The molecule has 1 aromatic heterocycles. The largest absolute Gasteiger partial charge is 0.356 e. The Hall–Kier alpha value is -2.73. The Morgan fingerprint density at radius 1 is 1.19 bits per heavy atom. The molecule has 4 nitrogen and oxygen atoms in total. The van der Waals surface area contributed by atoms with E-state index in [0.29, 0.717) is 18.1 Å². The molecule has 2 atom stereocenters. The maximum absolute atomic E-state index is 13.5. The molecule has 3 heterocycles. The van der Waals surface area contributed by atoms with Gasteiger partial charge in [0.2, 0.25) is 0 Å². The van der Waals surface area contributed by atoms with Gasteiger partial charge in [0.25, 0.3) is 5.91 Å². The number of H-pyrrole nitrogens is 1. The van der Waals surface area contributed by atoms with Crippen molar-refractivity contribution in [3.05, 3.63) is 71.2 Å². The lowest BCUT2D eigenvalue weighted by atomic mass is 9.89. The summed E-state index contributed by atoms with van der Waals surface area (Å²) in [6.07, 6.45) is 0.618. The molecule has 1 fully saturated rings. The molecule has 5 rings (SSSR count). The van der Waals surface area contributed by atoms with Crippen LogP contribution in [0.25, 0.3) is 10.9 Å². The maximum Gasteiger partial charge on any atom is 0.251 e. The van der Waals surface area contributed by atoms with Crippen LogP contribution in [0, 0.1) is 5.82 Å². The zero-order valence-electron chi connectivity index (χ0n) is 14.8. The second kappa shape index (κ2) is 5.89. The molecule has 0 radical (unpaired) electrons. The van der Waals surface area contributed by atoms with E-state index >= 15 is 0 Å². The van der Waals surface area contributed by atoms with Crippen LogP contribution >= 0.6 is 12.2 Å². The summed E-state index contributed by atoms with van der Waals surface area (Å²) in [5.41, 5.74) is 4.14. The van der Waals surface area contributed by atoms with Gasteiger partial charge < -0.3 is 9.88 Å². The van der Waals surface area contributed by atoms with E-state index in [9.17, 15) is 9.18 Å². The molecule has 0 saturated carbocycles. The number of amides is 1. The lowest BCUT2D eigenvalue weighted by Gasteiger charge is -2.37. The molecule has 2 aliphatic heterocycles. The van der Waals surface area contributed by atoms with Gasteiger partial charge in [0.1, 0.15) is 11.9 Å². The average Bonchev–Trinajstić information content (AvgIpc) is 3.16. The molecular formula is C21H18FN3OS. The van der Waals surface area contributed by atoms with E-state index in [4.69, 9.17) is 12.2 Å². The summed E-state index contributed by atoms with van der Waals surface area (Å²) in [4.78, 5) is 20.2. The number of aromatic nitrogens is 1. The number of thiocarbonyl (C=S) groups is 1. The molecule has 2 aromatic carbocycles. The van der Waals surface area contributed by atoms with Crippen LogP contribution in [-0.4, -0.2) is 38.4 Å². The van der Waals surface area contributed by atoms with E-state index in [1.165, 1.54) is 12.1 Å². The molecule has 27 heavy (non-hydrogen) atoms. The standard InChI is InChI=1S/C21H18FN3OS/c1-2-24-20(26)17-11-15-14-5-3-4-6-16(14)23-18(15)19(25(17)21(24)27)12-7-9-13(22)10-8-12/h3-10,17,19,23H,2,11H2,1H3/t17-,19-/m0/s1. The summed E-state index contributed by atoms with van der Waals surface area (Å²) < 4.78 is 13.5. The molecule has 0 aliphatic carbocycles. The lowest BCUT2D eigenvalue weighted by Crippen LogP contribution is -2.44. The first kappa shape index (κ1) is 16.4. The predicted octanol–water partition coefficient (Wildman–Crippen LogP) is 3.77. The lowest BCUT2D eigenvalue weighted by molar-refractivity contribution is -0.128. The molecule has 2 aliphatic rings. The predicted molar refractivity (Wildman–Crippen MR) is 106 cm³/mol. The highest BCUT2D eigenvalue weighted by atomic mass is 32.1. The number of likely N-dealkylation sites (N-methyl/N-ethyl adjacent to an activating group) is 1. The number of benzene rings is 2. The fourth-order valence-electron chi connectivity index (χ4n) is 4.41. The van der Waals surface area contributed by atoms with Crippen molar-refractivity contribution >= 4 is 34.1 Å². The monoisotopic (exact) mass is 379 g/mol. The number of nitrogens with zero attached hydrogens (tertiary/aromatic N) is 2. The van der Waals surface area contributed by atoms with Gasteiger partial charge in [-0.1, -0.05) is 30.3 Å². The van der Waals surface area contributed by atoms with Gasteiger partial charge in [-0.25, -0.2) is 4.39 Å². The number of halogens is 1. The van der Waals surface area contributed by atoms with Crippen molar-refractivity contribution in [2.45, 2.75) is 25.4 Å². The van der Waals surface area contributed by atoms with Crippen LogP contribution in [0.15, 0.2) is 48.5 Å². The third-order valence-corrected chi connectivity index (χ3v) is 6.07. The molecule has 1 amide bonds. The fraction of sp³-hybridized carbons (Fsp3) is 0.238. The zero-order chi connectivity index (χ0) is 18.7. The highest BCUT2D eigenvalue weighted by Crippen LogP contribution is 2.43. The highest BCUT2D eigenvalue weighted by molar-refractivity contribution is 7.80. The van der Waals surface area contributed by atoms with E-state index < -0.39 is 0 Å². The van der Waals surface area contributed by atoms with E-state index in [1.54, 1.807) is 17.0 Å². The Bertz CT molecular complexity index is 1070. The molecule has 0 spiro atoms. The number of hydrogen-bond donors (Lipinski definition) is 1. The fourth-order valence-corrected chi connectivity index (χ4v) is 4.86. The van der Waals surface area contributed by atoms with Gasteiger partial charge in [0.05, 0.1) is 6.04 Å². The molecule has 136 valence electrons. The first-order valence-corrected chi connectivity index (χ1v) is 9.49. The molecule has 6 heteroatoms. The summed E-state index contributed by atoms with van der Waals surface area (Å²) in [6.45, 7) is 2.49. The quantitative estimate of drug-likeness (QED) is 0.689. The van der Waals surface area contributed by atoms with Crippen LogP contribution in [0.4, 0.5) is 4.39 Å². The molecule has 0 bridgehead atoms. The molecule has 1 N–H and O–H groups in total. The minimum Gasteiger partial charge on any atom is -0.356 e. The van der Waals surface area contributed by atoms with E-state index in [-0.39, 0.29) is 23.8 Å². The van der Waals surface area contributed by atoms with Crippen molar-refractivity contribution < 1.29 is 9.18 Å². The van der Waals surface area contributed by atoms with Gasteiger partial charge >= 0.3 is 0 Å². The van der Waals surface area contributed by atoms with Crippen molar-refractivity contribution in [1.82, 2.24) is 14.8 Å². The van der Waals surface area contributed by atoms with Crippen LogP contribution in [0.5, 0.6) is 0 Å². The van der Waals surface area contributed by atoms with Gasteiger partial charge in [-0.3, -0.25) is 9.69 Å². The summed E-state index contributed by atoms with van der Waals surface area (Å²) in [7, 11) is 0. The SMILES string of the molecule is CCN1C(=O)[C@@H]2Cc3c([nH]c4ccccc34)[C@H](c3ccc(F)cc3)N2C1=S. The summed E-state index contributed by atoms with van der Waals surface area (Å²) >= 11 is 5.67. The number of carbonyl (C=O) groups excluding carboxylic acids is 1. The Morgan fingerprint density at radius 3 is 2.67 bits per heavy atom. The first-order valence-electron chi connectivity index (χ1n) is 9.08. The van der Waals surface area contributed by atoms with Gasteiger partial charge in [-0.05, 0) is 48.5 Å². The average molecular weight is 379 g/mol. The minimum absolute atomic E-state index is 0.0468. The second-order valence-corrected chi connectivity index (χ2v) is 7.37. The summed E-state index contributed by atoms with van der Waals surface area (Å²) in [5, 5.41) is 1.68. The maximum atomic E-state index is 13.5. The molecule has 3 aromatic rings. The van der Waals surface area contributed by atoms with Gasteiger partial charge in [-0.15, -0.1) is 0 Å². The van der Waals surface area contributed by atoms with Crippen LogP contribution in [-0.2, 0) is 11.2 Å². The normalized spacial score (nSPS) is 21.7. The van der Waals surface area contributed by atoms with Crippen LogP contribution < -0.4 is 0 Å². The topological polar surface area (TPSA) is 39.3 Å². The Morgan fingerprint density at radius 2 is 1.93 bits per heavy atom. The van der Waals surface area contributed by atoms with Gasteiger partial charge in [0.15, 0.2) is 5.11 Å². The zero-order valence-corrected chi connectivity index (χ0v) is 15.6. The van der Waals surface area contributed by atoms with Gasteiger partial charge in [-0.2, -0.15) is 0 Å². The van der Waals surface area contributed by atoms with E-state index in [2.05, 4.69) is 11.1 Å². The number of nitrogens with one attached hydrogen (secondary N) is 1. The van der Waals surface area contributed by atoms with Gasteiger partial charge in [0, 0.05) is 29.6 Å². The smallest absolute Gasteiger partial charge is 0.251 e. The molecule has 1 saturated heterocycles. The van der Waals surface area contributed by atoms with Crippen LogP contribution in [0.2, 0.25) is 0 Å². The Labute approximate surface area is 161 Å². The number of aromatic amines is 1. The number of rotatable bonds is 2. The van der Waals surface area contributed by atoms with Crippen LogP contribution in [0.3, 0.4) is 0 Å². The van der Waals surface area contributed by atoms with Crippen molar-refractivity contribution in [2.75, 3.05) is 6.54 Å². The first-order chi connectivity index (χ1) is 13.1. The van der Waals surface area contributed by atoms with E-state index in [0.717, 1.165) is 27.7 Å². The highest BCUT2D eigenvalue weighted by Gasteiger charge is 2.49.